The summed E-state index contributed by atoms with van der Waals surface area (Å²) in [7, 11) is 0. The van der Waals surface area contributed by atoms with Crippen molar-refractivity contribution in [1.29, 1.82) is 0 Å². The molecule has 0 radical (unpaired) electrons. The molecule has 166 valence electrons. The van der Waals surface area contributed by atoms with Gasteiger partial charge in [-0.05, 0) is 37.5 Å². The van der Waals surface area contributed by atoms with Crippen LogP contribution in [0, 0.1) is 5.92 Å². The molecule has 0 spiro atoms. The van der Waals surface area contributed by atoms with Crippen molar-refractivity contribution in [3.8, 4) is 11.1 Å². The normalized spacial score (nSPS) is 12.2. The van der Waals surface area contributed by atoms with E-state index in [4.69, 9.17) is 4.74 Å². The fraction of sp³-hybridized carbons (Fsp3) is 0.375. The van der Waals surface area contributed by atoms with Gasteiger partial charge in [0.25, 0.3) is 0 Å². The van der Waals surface area contributed by atoms with E-state index in [0.29, 0.717) is 0 Å². The smallest absolute Gasteiger partial charge is 0.426 e. The van der Waals surface area contributed by atoms with Gasteiger partial charge in [0.15, 0.2) is 6.04 Å². The largest absolute Gasteiger partial charge is 0.480 e. The molecule has 0 heterocycles. The third-order valence-corrected chi connectivity index (χ3v) is 4.43. The van der Waals surface area contributed by atoms with Crippen LogP contribution >= 0.6 is 0 Å². The summed E-state index contributed by atoms with van der Waals surface area (Å²) < 4.78 is 5.21. The highest BCUT2D eigenvalue weighted by atomic mass is 16.6. The molecule has 7 nitrogen and oxygen atoms in total. The Morgan fingerprint density at radius 3 is 2.00 bits per heavy atom. The van der Waals surface area contributed by atoms with E-state index in [1.54, 1.807) is 34.6 Å². The van der Waals surface area contributed by atoms with Gasteiger partial charge in [-0.2, -0.15) is 0 Å². The van der Waals surface area contributed by atoms with Gasteiger partial charge in [0.1, 0.15) is 5.60 Å². The molecule has 7 heteroatoms. The summed E-state index contributed by atoms with van der Waals surface area (Å²) in [5, 5.41) is 10.7. The zero-order valence-electron chi connectivity index (χ0n) is 18.6. The molecule has 2 aromatic rings. The van der Waals surface area contributed by atoms with E-state index in [2.05, 4.69) is 5.43 Å². The predicted octanol–water partition coefficient (Wildman–Crippen LogP) is 4.27. The Kier molecular flexibility index (Phi) is 7.80. The Morgan fingerprint density at radius 1 is 0.968 bits per heavy atom. The van der Waals surface area contributed by atoms with Gasteiger partial charge in [-0.1, -0.05) is 68.4 Å². The van der Waals surface area contributed by atoms with Crippen molar-refractivity contribution in [2.24, 2.45) is 5.92 Å². The molecule has 0 unspecified atom stereocenters. The maximum atomic E-state index is 12.7. The maximum Gasteiger partial charge on any atom is 0.426 e. The highest BCUT2D eigenvalue weighted by Crippen LogP contribution is 2.21. The Labute approximate surface area is 183 Å². The van der Waals surface area contributed by atoms with E-state index >= 15 is 0 Å². The summed E-state index contributed by atoms with van der Waals surface area (Å²) in [5.41, 5.74) is 4.31. The van der Waals surface area contributed by atoms with Crippen LogP contribution in [0.3, 0.4) is 0 Å². The molecule has 2 amide bonds. The lowest BCUT2D eigenvalue weighted by Crippen LogP contribution is -2.57. The first-order valence-electron chi connectivity index (χ1n) is 10.2. The molecule has 0 fully saturated rings. The maximum absolute atomic E-state index is 12.7. The number of carbonyl (C=O) groups excluding carboxylic acids is 2. The minimum absolute atomic E-state index is 0.0264. The summed E-state index contributed by atoms with van der Waals surface area (Å²) >= 11 is 0. The van der Waals surface area contributed by atoms with E-state index in [9.17, 15) is 19.5 Å². The third-order valence-electron chi connectivity index (χ3n) is 4.43. The van der Waals surface area contributed by atoms with Crippen molar-refractivity contribution >= 4 is 18.0 Å². The van der Waals surface area contributed by atoms with Gasteiger partial charge in [0.2, 0.25) is 5.91 Å². The highest BCUT2D eigenvalue weighted by Gasteiger charge is 2.34. The number of hydrazine groups is 1. The molecule has 0 saturated carbocycles. The Balaban J connectivity index is 2.25. The first kappa shape index (κ1) is 23.9. The van der Waals surface area contributed by atoms with Crippen LogP contribution in [-0.2, 0) is 20.7 Å². The highest BCUT2D eigenvalue weighted by molar-refractivity contribution is 5.86. The Bertz CT molecular complexity index is 902. The molecule has 2 aromatic carbocycles. The average Bonchev–Trinajstić information content (AvgIpc) is 2.69. The van der Waals surface area contributed by atoms with Crippen molar-refractivity contribution in [3.63, 3.8) is 0 Å². The molecule has 0 bridgehead atoms. The number of hydrogen-bond donors (Lipinski definition) is 2. The van der Waals surface area contributed by atoms with Crippen LogP contribution in [0.15, 0.2) is 54.6 Å². The molecule has 1 atom stereocenters. The third kappa shape index (κ3) is 7.13. The second-order valence-electron chi connectivity index (χ2n) is 8.60. The van der Waals surface area contributed by atoms with Crippen LogP contribution in [0.5, 0.6) is 0 Å². The van der Waals surface area contributed by atoms with Crippen molar-refractivity contribution in [3.05, 3.63) is 60.2 Å². The van der Waals surface area contributed by atoms with Crippen LogP contribution in [0.1, 0.15) is 40.2 Å². The van der Waals surface area contributed by atoms with Gasteiger partial charge < -0.3 is 9.84 Å². The summed E-state index contributed by atoms with van der Waals surface area (Å²) in [6.45, 7) is 8.33. The Hall–Kier alpha value is -3.35. The standard InChI is InChI=1S/C24H30N2O5/c1-16(2)21(27)26(25-23(30)31-24(3,4)5)20(22(28)29)15-17-11-13-19(14-12-17)18-9-7-6-8-10-18/h6-14,16,20H,15H2,1-5H3,(H,25,30)(H,28,29)/t20-/m1/s1. The summed E-state index contributed by atoms with van der Waals surface area (Å²) in [4.78, 5) is 37.0. The molecule has 0 aliphatic rings. The number of ether oxygens (including phenoxy) is 1. The van der Waals surface area contributed by atoms with Gasteiger partial charge in [-0.25, -0.2) is 20.0 Å². The molecule has 0 aliphatic heterocycles. The van der Waals surface area contributed by atoms with Gasteiger partial charge >= 0.3 is 12.1 Å². The van der Waals surface area contributed by atoms with Crippen molar-refractivity contribution < 1.29 is 24.2 Å². The van der Waals surface area contributed by atoms with E-state index in [1.807, 2.05) is 54.6 Å². The van der Waals surface area contributed by atoms with Crippen LogP contribution < -0.4 is 5.43 Å². The second kappa shape index (κ2) is 10.1. The molecule has 2 rings (SSSR count). The van der Waals surface area contributed by atoms with E-state index < -0.39 is 35.5 Å². The number of aliphatic carboxylic acids is 1. The van der Waals surface area contributed by atoms with Crippen LogP contribution in [0.2, 0.25) is 0 Å². The molecule has 31 heavy (non-hydrogen) atoms. The number of carboxylic acids is 1. The summed E-state index contributed by atoms with van der Waals surface area (Å²) in [6, 6.07) is 16.0. The zero-order chi connectivity index (χ0) is 23.2. The minimum Gasteiger partial charge on any atom is -0.480 e. The zero-order valence-corrected chi connectivity index (χ0v) is 18.6. The molecule has 0 aromatic heterocycles. The van der Waals surface area contributed by atoms with Gasteiger partial charge in [0, 0.05) is 12.3 Å². The van der Waals surface area contributed by atoms with Crippen LogP contribution in [0.25, 0.3) is 11.1 Å². The number of nitrogens with one attached hydrogen (secondary N) is 1. The summed E-state index contributed by atoms with van der Waals surface area (Å²) in [5.74, 6) is -2.26. The summed E-state index contributed by atoms with van der Waals surface area (Å²) in [6.07, 6.45) is -0.856. The number of amides is 2. The number of hydrogen-bond acceptors (Lipinski definition) is 4. The van der Waals surface area contributed by atoms with Gasteiger partial charge in [0.05, 0.1) is 0 Å². The SMILES string of the molecule is CC(C)C(=O)N(NC(=O)OC(C)(C)C)[C@H](Cc1ccc(-c2ccccc2)cc1)C(=O)O. The fourth-order valence-electron chi connectivity index (χ4n) is 2.94. The lowest BCUT2D eigenvalue weighted by Gasteiger charge is -2.31. The molecule has 2 N–H and O–H groups in total. The minimum atomic E-state index is -1.29. The van der Waals surface area contributed by atoms with E-state index in [0.717, 1.165) is 21.7 Å². The van der Waals surface area contributed by atoms with Crippen LogP contribution in [-0.4, -0.2) is 39.7 Å². The Morgan fingerprint density at radius 2 is 1.52 bits per heavy atom. The molecular formula is C24H30N2O5. The topological polar surface area (TPSA) is 95.9 Å². The molecule has 0 saturated heterocycles. The quantitative estimate of drug-likeness (QED) is 0.673. The van der Waals surface area contributed by atoms with Crippen molar-refractivity contribution in [2.45, 2.75) is 52.7 Å². The number of benzene rings is 2. The van der Waals surface area contributed by atoms with Crippen molar-refractivity contribution in [1.82, 2.24) is 10.4 Å². The lowest BCUT2D eigenvalue weighted by atomic mass is 10.00. The number of rotatable bonds is 6. The number of carboxylic acid groups (broad SMARTS) is 1. The first-order valence-corrected chi connectivity index (χ1v) is 10.2. The van der Waals surface area contributed by atoms with E-state index in [-0.39, 0.29) is 6.42 Å². The predicted molar refractivity (Wildman–Crippen MR) is 118 cm³/mol. The number of carbonyl (C=O) groups is 3. The molecule has 0 aliphatic carbocycles. The van der Waals surface area contributed by atoms with Gasteiger partial charge in [-0.15, -0.1) is 0 Å². The lowest BCUT2D eigenvalue weighted by molar-refractivity contribution is -0.154. The second-order valence-corrected chi connectivity index (χ2v) is 8.60. The van der Waals surface area contributed by atoms with Crippen molar-refractivity contribution in [2.75, 3.05) is 0 Å². The van der Waals surface area contributed by atoms with E-state index in [1.165, 1.54) is 0 Å². The fourth-order valence-corrected chi connectivity index (χ4v) is 2.94. The number of nitrogens with zero attached hydrogens (tertiary/aromatic N) is 1. The average molecular weight is 427 g/mol. The monoisotopic (exact) mass is 426 g/mol. The van der Waals surface area contributed by atoms with Crippen LogP contribution in [0.4, 0.5) is 4.79 Å². The van der Waals surface area contributed by atoms with Gasteiger partial charge in [-0.3, -0.25) is 4.79 Å². The molecular weight excluding hydrogens is 396 g/mol. The first-order chi connectivity index (χ1) is 14.5.